The first-order chi connectivity index (χ1) is 25.9. The van der Waals surface area contributed by atoms with Crippen molar-refractivity contribution in [3.05, 3.63) is 72.1 Å². The second-order valence-corrected chi connectivity index (χ2v) is 13.6. The fraction of sp³-hybridized carbons (Fsp3) is 0.395. The van der Waals surface area contributed by atoms with Crippen molar-refractivity contribution in [3.63, 3.8) is 0 Å². The van der Waals surface area contributed by atoms with E-state index in [1.54, 1.807) is 29.8 Å². The molecule has 2 aromatic carbocycles. The van der Waals surface area contributed by atoms with E-state index in [9.17, 15) is 29.1 Å². The number of H-pyrrole nitrogens is 2. The number of likely N-dealkylation sites (N-methyl/N-ethyl adjacent to an activating group) is 1. The first kappa shape index (κ1) is 37.6. The van der Waals surface area contributed by atoms with Crippen LogP contribution in [0.4, 0.5) is 9.59 Å². The molecule has 284 valence electrons. The molecule has 16 nitrogen and oxygen atoms in total. The van der Waals surface area contributed by atoms with E-state index in [0.717, 1.165) is 52.1 Å². The lowest BCUT2D eigenvalue weighted by Gasteiger charge is -2.29. The lowest BCUT2D eigenvalue weighted by molar-refractivity contribution is -0.136. The molecule has 4 atom stereocenters. The van der Waals surface area contributed by atoms with Crippen LogP contribution in [-0.4, -0.2) is 116 Å². The van der Waals surface area contributed by atoms with Gasteiger partial charge in [-0.25, -0.2) is 19.6 Å². The molecular weight excluding hydrogens is 694 g/mol. The third-order valence-electron chi connectivity index (χ3n) is 10.3. The number of nitrogens with one attached hydrogen (secondary N) is 4. The van der Waals surface area contributed by atoms with Crippen molar-refractivity contribution in [3.8, 4) is 33.6 Å². The molecule has 2 aliphatic rings. The Morgan fingerprint density at radius 3 is 1.98 bits per heavy atom. The maximum atomic E-state index is 13.3. The minimum atomic E-state index is -1.15. The number of aromatic amines is 2. The van der Waals surface area contributed by atoms with Crippen LogP contribution in [0.1, 0.15) is 73.8 Å². The summed E-state index contributed by atoms with van der Waals surface area (Å²) in [6.45, 7) is 4.22. The van der Waals surface area contributed by atoms with Crippen LogP contribution < -0.4 is 10.6 Å². The predicted octanol–water partition coefficient (Wildman–Crippen LogP) is 4.56. The van der Waals surface area contributed by atoms with Gasteiger partial charge in [-0.05, 0) is 56.2 Å². The van der Waals surface area contributed by atoms with Gasteiger partial charge in [0.25, 0.3) is 5.91 Å². The van der Waals surface area contributed by atoms with Crippen LogP contribution in [0.2, 0.25) is 0 Å². The number of nitrogens with zero attached hydrogens (tertiary/aromatic N) is 5. The van der Waals surface area contributed by atoms with E-state index in [0.29, 0.717) is 36.9 Å². The highest BCUT2D eigenvalue weighted by Crippen LogP contribution is 2.35. The average molecular weight is 740 g/mol. The van der Waals surface area contributed by atoms with Crippen LogP contribution in [0.25, 0.3) is 33.6 Å². The number of amides is 5. The van der Waals surface area contributed by atoms with Crippen LogP contribution in [-0.2, 0) is 14.3 Å². The highest BCUT2D eigenvalue weighted by Gasteiger charge is 2.37. The van der Waals surface area contributed by atoms with Gasteiger partial charge in [-0.2, -0.15) is 0 Å². The molecule has 2 aromatic heterocycles. The van der Waals surface area contributed by atoms with E-state index in [1.165, 1.54) is 21.2 Å². The summed E-state index contributed by atoms with van der Waals surface area (Å²) in [4.78, 5) is 82.9. The molecule has 6 rings (SSSR count). The number of alkyl carbamates (subject to hydrolysis) is 1. The number of imidazole rings is 2. The van der Waals surface area contributed by atoms with Gasteiger partial charge in [0.05, 0.1) is 36.8 Å². The van der Waals surface area contributed by atoms with Gasteiger partial charge >= 0.3 is 12.2 Å². The Balaban J connectivity index is 1.17. The third kappa shape index (κ3) is 7.49. The van der Waals surface area contributed by atoms with Gasteiger partial charge in [-0.1, -0.05) is 48.5 Å². The molecule has 5 N–H and O–H groups in total. The number of benzene rings is 2. The summed E-state index contributed by atoms with van der Waals surface area (Å²) in [7, 11) is 4.17. The zero-order valence-electron chi connectivity index (χ0n) is 30.9. The van der Waals surface area contributed by atoms with Crippen molar-refractivity contribution in [2.45, 2.75) is 63.7 Å². The topological polar surface area (TPSA) is 206 Å². The number of carbonyl (C=O) groups is 5. The van der Waals surface area contributed by atoms with Gasteiger partial charge in [0.1, 0.15) is 23.7 Å². The molecule has 0 aliphatic carbocycles. The minimum Gasteiger partial charge on any atom is -0.465 e. The number of ether oxygens (including phenoxy) is 1. The van der Waals surface area contributed by atoms with Crippen molar-refractivity contribution in [2.75, 3.05) is 34.3 Å². The lowest BCUT2D eigenvalue weighted by atomic mass is 10.0. The monoisotopic (exact) mass is 739 g/mol. The quantitative estimate of drug-likeness (QED) is 0.154. The number of aromatic nitrogens is 4. The Bertz CT molecular complexity index is 2020. The zero-order valence-corrected chi connectivity index (χ0v) is 30.9. The summed E-state index contributed by atoms with van der Waals surface area (Å²) in [5.74, 6) is 0.279. The number of carboxylic acid groups (broad SMARTS) is 1. The third-order valence-corrected chi connectivity index (χ3v) is 10.3. The normalized spacial score (nSPS) is 17.9. The van der Waals surface area contributed by atoms with Crippen molar-refractivity contribution in [2.24, 2.45) is 0 Å². The summed E-state index contributed by atoms with van der Waals surface area (Å²) in [5.41, 5.74) is 5.15. The largest absolute Gasteiger partial charge is 0.465 e. The first-order valence-electron chi connectivity index (χ1n) is 17.9. The fourth-order valence-corrected chi connectivity index (χ4v) is 7.11. The molecule has 54 heavy (non-hydrogen) atoms. The second kappa shape index (κ2) is 15.8. The van der Waals surface area contributed by atoms with Gasteiger partial charge in [-0.15, -0.1) is 0 Å². The lowest BCUT2D eigenvalue weighted by Crippen LogP contribution is -2.47. The molecule has 2 saturated heterocycles. The van der Waals surface area contributed by atoms with Crippen LogP contribution in [0.15, 0.2) is 54.7 Å². The fourth-order valence-electron chi connectivity index (χ4n) is 7.11. The molecule has 4 heterocycles. The average Bonchev–Trinajstić information content (AvgIpc) is 4.02. The van der Waals surface area contributed by atoms with E-state index in [-0.39, 0.29) is 29.5 Å². The van der Waals surface area contributed by atoms with E-state index in [4.69, 9.17) is 0 Å². The molecule has 0 bridgehead atoms. The molecule has 2 fully saturated rings. The van der Waals surface area contributed by atoms with Crippen LogP contribution in [0.5, 0.6) is 0 Å². The number of hydrogen-bond acceptors (Lipinski definition) is 8. The summed E-state index contributed by atoms with van der Waals surface area (Å²) in [6, 6.07) is 13.5. The predicted molar refractivity (Wildman–Crippen MR) is 198 cm³/mol. The van der Waals surface area contributed by atoms with Gasteiger partial charge in [-0.3, -0.25) is 19.3 Å². The molecule has 0 spiro atoms. The number of likely N-dealkylation sites (tertiary alicyclic amines) is 2. The number of methoxy groups -OCH3 is 1. The number of carbonyl (C=O) groups excluding carboxylic acids is 4. The molecular formula is C38H45N9O7. The summed E-state index contributed by atoms with van der Waals surface area (Å²) < 4.78 is 4.64. The smallest absolute Gasteiger partial charge is 0.407 e. The van der Waals surface area contributed by atoms with E-state index < -0.39 is 30.3 Å². The van der Waals surface area contributed by atoms with Gasteiger partial charge in [0.15, 0.2) is 5.69 Å². The van der Waals surface area contributed by atoms with Crippen molar-refractivity contribution in [1.82, 2.24) is 45.3 Å². The first-order valence-corrected chi connectivity index (χ1v) is 17.9. The van der Waals surface area contributed by atoms with E-state index in [2.05, 4.69) is 35.3 Å². The Hall–Kier alpha value is -6.19. The van der Waals surface area contributed by atoms with Crippen LogP contribution in [0.3, 0.4) is 0 Å². The number of hydrogen-bond donors (Lipinski definition) is 5. The second-order valence-electron chi connectivity index (χ2n) is 13.6. The summed E-state index contributed by atoms with van der Waals surface area (Å²) in [6.07, 6.45) is 2.83. The minimum absolute atomic E-state index is 0.218. The standard InChI is InChI=1S/C38H45N9O7/c1-21(41-37(51)54-5)35(49)46-18-7-9-29(46)33-43-30(31(44-33)34(48)39-3)26-16-12-24(13-17-26)23-10-14-25(15-11-23)27-20-40-32(42-27)28-8-6-19-47(28)36(50)22(2)45(4)38(52)53/h10-17,20-22,28-29H,6-9,18-19H2,1-5H3,(H,39,48)(H,40,42)(H,41,51)(H,43,44)(H,52,53)/t21-,22-,28-,29-/m0/s1. The number of rotatable bonds is 10. The van der Waals surface area contributed by atoms with Crippen molar-refractivity contribution in [1.29, 1.82) is 0 Å². The Kier molecular flexibility index (Phi) is 11.0. The zero-order chi connectivity index (χ0) is 38.7. The van der Waals surface area contributed by atoms with Gasteiger partial charge < -0.3 is 40.2 Å². The maximum absolute atomic E-state index is 13.3. The summed E-state index contributed by atoms with van der Waals surface area (Å²) in [5, 5.41) is 14.5. The molecule has 2 aliphatic heterocycles. The Morgan fingerprint density at radius 1 is 0.852 bits per heavy atom. The van der Waals surface area contributed by atoms with Crippen molar-refractivity contribution < 1.29 is 33.8 Å². The molecule has 4 aromatic rings. The molecule has 0 unspecified atom stereocenters. The Morgan fingerprint density at radius 2 is 1.41 bits per heavy atom. The van der Waals surface area contributed by atoms with Crippen molar-refractivity contribution >= 4 is 29.9 Å². The molecule has 16 heteroatoms. The highest BCUT2D eigenvalue weighted by molar-refractivity contribution is 5.98. The molecule has 0 radical (unpaired) electrons. The highest BCUT2D eigenvalue weighted by atomic mass is 16.5. The molecule has 0 saturated carbocycles. The Labute approximate surface area is 312 Å². The SMILES string of the molecule is CNC(=O)c1nc([C@@H]2CCCN2C(=O)[C@H](C)NC(=O)OC)[nH]c1-c1ccc(-c2ccc(-c3cnc([C@@H]4CCCN4C(=O)[C@H](C)N(C)C(=O)O)[nH]3)cc2)cc1. The van der Waals surface area contributed by atoms with Crippen LogP contribution in [0, 0.1) is 0 Å². The van der Waals surface area contributed by atoms with E-state index >= 15 is 0 Å². The molecule has 5 amide bonds. The van der Waals surface area contributed by atoms with Crippen LogP contribution >= 0.6 is 0 Å². The van der Waals surface area contributed by atoms with E-state index in [1.807, 2.05) is 48.5 Å². The summed E-state index contributed by atoms with van der Waals surface area (Å²) >= 11 is 0. The van der Waals surface area contributed by atoms with Gasteiger partial charge in [0, 0.05) is 32.7 Å². The maximum Gasteiger partial charge on any atom is 0.407 e. The van der Waals surface area contributed by atoms with Gasteiger partial charge in [0.2, 0.25) is 11.8 Å².